The van der Waals surface area contributed by atoms with Gasteiger partial charge in [0.15, 0.2) is 5.78 Å². The van der Waals surface area contributed by atoms with Crippen LogP contribution in [0.1, 0.15) is 17.2 Å². The fourth-order valence-corrected chi connectivity index (χ4v) is 3.84. The Morgan fingerprint density at radius 2 is 1.66 bits per heavy atom. The second-order valence-electron chi connectivity index (χ2n) is 7.03. The lowest BCUT2D eigenvalue weighted by Gasteiger charge is -2.17. The van der Waals surface area contributed by atoms with Crippen LogP contribution in [0, 0.1) is 0 Å². The summed E-state index contributed by atoms with van der Waals surface area (Å²) in [6.45, 7) is 0.689. The quantitative estimate of drug-likeness (QED) is 0.274. The first-order chi connectivity index (χ1) is 15.6. The van der Waals surface area contributed by atoms with Crippen molar-refractivity contribution < 1.29 is 23.7 Å². The van der Waals surface area contributed by atoms with Crippen LogP contribution in [0.15, 0.2) is 64.1 Å². The minimum Gasteiger partial charge on any atom is -0.495 e. The molecule has 0 saturated heterocycles. The molecule has 0 bridgehead atoms. The van der Waals surface area contributed by atoms with Gasteiger partial charge < -0.3 is 18.9 Å². The Bertz CT molecular complexity index is 1070. The second kappa shape index (κ2) is 11.8. The molecule has 0 amide bonds. The van der Waals surface area contributed by atoms with Gasteiger partial charge in [-0.05, 0) is 56.0 Å². The number of ether oxygens (including phenoxy) is 4. The van der Waals surface area contributed by atoms with E-state index in [0.29, 0.717) is 24.7 Å². The van der Waals surface area contributed by atoms with E-state index in [9.17, 15) is 4.79 Å². The molecule has 1 atom stereocenters. The van der Waals surface area contributed by atoms with E-state index in [1.54, 1.807) is 27.5 Å². The van der Waals surface area contributed by atoms with Crippen molar-refractivity contribution in [2.75, 3.05) is 41.1 Å². The molecule has 0 aliphatic rings. The number of carbonyl (C=O) groups excluding carboxylic acids is 1. The first-order valence-corrected chi connectivity index (χ1v) is 10.9. The van der Waals surface area contributed by atoms with E-state index in [-0.39, 0.29) is 12.3 Å². The predicted octanol–water partition coefficient (Wildman–Crippen LogP) is 5.01. The minimum atomic E-state index is -0.721. The van der Waals surface area contributed by atoms with E-state index < -0.39 is 6.10 Å². The molecular formula is C25H26BrNO5. The number of fused-ring (bicyclic) bond motifs is 1. The van der Waals surface area contributed by atoms with Gasteiger partial charge in [0.05, 0.1) is 27.4 Å². The third-order valence-corrected chi connectivity index (χ3v) is 5.68. The fraction of sp³-hybridized carbons (Fsp3) is 0.280. The molecule has 0 spiro atoms. The molecule has 3 rings (SSSR count). The van der Waals surface area contributed by atoms with Gasteiger partial charge in [0.1, 0.15) is 28.6 Å². The van der Waals surface area contributed by atoms with Crippen LogP contribution >= 0.6 is 15.9 Å². The molecule has 6 nitrogen and oxygen atoms in total. The molecule has 0 radical (unpaired) electrons. The summed E-state index contributed by atoms with van der Waals surface area (Å²) < 4.78 is 22.4. The number of ketones is 1. The van der Waals surface area contributed by atoms with E-state index in [1.807, 2.05) is 54.6 Å². The summed E-state index contributed by atoms with van der Waals surface area (Å²) >= 11 is 3.44. The lowest BCUT2D eigenvalue weighted by Crippen LogP contribution is -2.20. The molecule has 0 aliphatic carbocycles. The standard InChI is InChI=1S/C25H26BrNO5/c1-29-10-11-32-25(20-9-8-18-6-4-5-7-19(18)14-20)21(28)16-27-15-17-12-22(30-2)24(26)23(13-17)31-3/h4-9,12-15,25H,10-11,16H2,1-3H3. The minimum absolute atomic E-state index is 0.0226. The summed E-state index contributed by atoms with van der Waals surface area (Å²) in [6.07, 6.45) is 0.906. The lowest BCUT2D eigenvalue weighted by molar-refractivity contribution is -0.130. The number of hydrogen-bond donors (Lipinski definition) is 0. The van der Waals surface area contributed by atoms with Gasteiger partial charge in [0.25, 0.3) is 0 Å². The van der Waals surface area contributed by atoms with Gasteiger partial charge in [-0.25, -0.2) is 0 Å². The van der Waals surface area contributed by atoms with E-state index in [2.05, 4.69) is 20.9 Å². The third kappa shape index (κ3) is 5.94. The maximum Gasteiger partial charge on any atom is 0.187 e. The number of hydrogen-bond acceptors (Lipinski definition) is 6. The monoisotopic (exact) mass is 499 g/mol. The van der Waals surface area contributed by atoms with Crippen molar-refractivity contribution in [2.45, 2.75) is 6.10 Å². The maximum absolute atomic E-state index is 13.0. The van der Waals surface area contributed by atoms with E-state index >= 15 is 0 Å². The smallest absolute Gasteiger partial charge is 0.187 e. The summed E-state index contributed by atoms with van der Waals surface area (Å²) in [6, 6.07) is 17.5. The molecule has 0 heterocycles. The molecule has 3 aromatic rings. The van der Waals surface area contributed by atoms with E-state index in [1.165, 1.54) is 0 Å². The molecule has 0 N–H and O–H groups in total. The van der Waals surface area contributed by atoms with Crippen molar-refractivity contribution in [1.29, 1.82) is 0 Å². The average molecular weight is 500 g/mol. The van der Waals surface area contributed by atoms with Crippen molar-refractivity contribution in [3.63, 3.8) is 0 Å². The Morgan fingerprint density at radius 1 is 0.969 bits per heavy atom. The highest BCUT2D eigenvalue weighted by Crippen LogP contribution is 2.35. The predicted molar refractivity (Wildman–Crippen MR) is 129 cm³/mol. The Kier molecular flexibility index (Phi) is 8.79. The van der Waals surface area contributed by atoms with Crippen LogP contribution in [0.3, 0.4) is 0 Å². The molecule has 0 saturated carbocycles. The van der Waals surface area contributed by atoms with Gasteiger partial charge >= 0.3 is 0 Å². The zero-order valence-electron chi connectivity index (χ0n) is 18.3. The normalized spacial score (nSPS) is 12.2. The zero-order chi connectivity index (χ0) is 22.9. The summed E-state index contributed by atoms with van der Waals surface area (Å²) in [5.41, 5.74) is 1.56. The molecule has 0 aromatic heterocycles. The zero-order valence-corrected chi connectivity index (χ0v) is 19.9. The van der Waals surface area contributed by atoms with Gasteiger partial charge in [0.2, 0.25) is 0 Å². The molecule has 0 aliphatic heterocycles. The largest absolute Gasteiger partial charge is 0.495 e. The molecule has 7 heteroatoms. The van der Waals surface area contributed by atoms with Gasteiger partial charge in [-0.15, -0.1) is 0 Å². The first-order valence-electron chi connectivity index (χ1n) is 10.1. The second-order valence-corrected chi connectivity index (χ2v) is 7.82. The fourth-order valence-electron chi connectivity index (χ4n) is 3.28. The van der Waals surface area contributed by atoms with Gasteiger partial charge in [0, 0.05) is 13.3 Å². The van der Waals surface area contributed by atoms with Crippen LogP contribution in [-0.2, 0) is 14.3 Å². The number of nitrogens with zero attached hydrogens (tertiary/aromatic N) is 1. The number of benzene rings is 3. The third-order valence-electron chi connectivity index (χ3n) is 4.90. The Hall–Kier alpha value is -2.74. The highest BCUT2D eigenvalue weighted by atomic mass is 79.9. The van der Waals surface area contributed by atoms with Crippen LogP contribution in [-0.4, -0.2) is 53.1 Å². The maximum atomic E-state index is 13.0. The van der Waals surface area contributed by atoms with Crippen molar-refractivity contribution in [1.82, 2.24) is 0 Å². The van der Waals surface area contributed by atoms with Crippen molar-refractivity contribution >= 4 is 38.7 Å². The number of rotatable bonds is 11. The topological polar surface area (TPSA) is 66.4 Å². The summed E-state index contributed by atoms with van der Waals surface area (Å²) in [7, 11) is 4.76. The van der Waals surface area contributed by atoms with Gasteiger partial charge in [-0.2, -0.15) is 0 Å². The number of aliphatic imine (C=N–C) groups is 1. The van der Waals surface area contributed by atoms with Crippen LogP contribution < -0.4 is 9.47 Å². The average Bonchev–Trinajstić information content (AvgIpc) is 2.82. The van der Waals surface area contributed by atoms with Crippen molar-refractivity contribution in [2.24, 2.45) is 4.99 Å². The summed E-state index contributed by atoms with van der Waals surface area (Å²) in [4.78, 5) is 17.4. The Labute approximate surface area is 196 Å². The SMILES string of the molecule is COCCOC(C(=O)CN=Cc1cc(OC)c(Br)c(OC)c1)c1ccc2ccccc2c1. The molecule has 32 heavy (non-hydrogen) atoms. The first kappa shape index (κ1) is 23.9. The Morgan fingerprint density at radius 3 is 2.31 bits per heavy atom. The van der Waals surface area contributed by atoms with Crippen LogP contribution in [0.5, 0.6) is 11.5 Å². The highest BCUT2D eigenvalue weighted by molar-refractivity contribution is 9.10. The molecular weight excluding hydrogens is 474 g/mol. The van der Waals surface area contributed by atoms with Crippen molar-refractivity contribution in [3.8, 4) is 11.5 Å². The number of Topliss-reactive ketones (excluding diaryl/α,β-unsaturated/α-hetero) is 1. The Balaban J connectivity index is 1.79. The lowest BCUT2D eigenvalue weighted by atomic mass is 10.0. The number of carbonyl (C=O) groups is 1. The van der Waals surface area contributed by atoms with Gasteiger partial charge in [-0.1, -0.05) is 36.4 Å². The van der Waals surface area contributed by atoms with E-state index in [4.69, 9.17) is 18.9 Å². The molecule has 0 fully saturated rings. The van der Waals surface area contributed by atoms with Crippen LogP contribution in [0.2, 0.25) is 0 Å². The summed E-state index contributed by atoms with van der Waals surface area (Å²) in [5, 5.41) is 2.16. The molecule has 3 aromatic carbocycles. The summed E-state index contributed by atoms with van der Waals surface area (Å²) in [5.74, 6) is 1.10. The number of methoxy groups -OCH3 is 3. The highest BCUT2D eigenvalue weighted by Gasteiger charge is 2.21. The van der Waals surface area contributed by atoms with Crippen LogP contribution in [0.4, 0.5) is 0 Å². The van der Waals surface area contributed by atoms with Crippen LogP contribution in [0.25, 0.3) is 10.8 Å². The molecule has 1 unspecified atom stereocenters. The van der Waals surface area contributed by atoms with Crippen molar-refractivity contribution in [3.05, 3.63) is 70.2 Å². The van der Waals surface area contributed by atoms with E-state index in [0.717, 1.165) is 26.4 Å². The number of halogens is 1. The van der Waals surface area contributed by atoms with Gasteiger partial charge in [-0.3, -0.25) is 9.79 Å². The molecule has 168 valence electrons.